The molecule has 0 aliphatic rings. The summed E-state index contributed by atoms with van der Waals surface area (Å²) in [6.07, 6.45) is 0. The van der Waals surface area contributed by atoms with Crippen molar-refractivity contribution in [1.82, 2.24) is 9.55 Å². The van der Waals surface area contributed by atoms with Crippen LogP contribution >= 0.6 is 34.7 Å². The fourth-order valence-corrected chi connectivity index (χ4v) is 4.88. The monoisotopic (exact) mass is 455 g/mol. The van der Waals surface area contributed by atoms with E-state index in [9.17, 15) is 9.59 Å². The first-order valence-corrected chi connectivity index (χ1v) is 11.5. The normalized spacial score (nSPS) is 11.0. The molecule has 0 fully saturated rings. The third kappa shape index (κ3) is 4.43. The molecule has 30 heavy (non-hydrogen) atoms. The van der Waals surface area contributed by atoms with E-state index in [1.165, 1.54) is 23.1 Å². The van der Waals surface area contributed by atoms with Gasteiger partial charge in [-0.3, -0.25) is 14.2 Å². The summed E-state index contributed by atoms with van der Waals surface area (Å²) in [6.45, 7) is 2.28. The molecule has 1 amide bonds. The van der Waals surface area contributed by atoms with Crippen LogP contribution in [0.4, 0.5) is 5.69 Å². The van der Waals surface area contributed by atoms with Gasteiger partial charge in [-0.2, -0.15) is 0 Å². The van der Waals surface area contributed by atoms with Gasteiger partial charge in [0.25, 0.3) is 5.56 Å². The van der Waals surface area contributed by atoms with Crippen LogP contribution in [-0.2, 0) is 11.3 Å². The highest BCUT2D eigenvalue weighted by molar-refractivity contribution is 7.99. The van der Waals surface area contributed by atoms with E-state index in [0.29, 0.717) is 32.6 Å². The maximum Gasteiger partial charge on any atom is 0.272 e. The number of benzene rings is 2. The Morgan fingerprint density at radius 2 is 1.97 bits per heavy atom. The predicted molar refractivity (Wildman–Crippen MR) is 125 cm³/mol. The topological polar surface area (TPSA) is 64.0 Å². The minimum absolute atomic E-state index is 0.0938. The molecule has 5 nitrogen and oxygen atoms in total. The van der Waals surface area contributed by atoms with Crippen LogP contribution in [0.3, 0.4) is 0 Å². The van der Waals surface area contributed by atoms with Crippen molar-refractivity contribution < 1.29 is 4.79 Å². The molecule has 0 spiro atoms. The highest BCUT2D eigenvalue weighted by Gasteiger charge is 2.15. The number of amides is 1. The lowest BCUT2D eigenvalue weighted by Crippen LogP contribution is -2.24. The number of fused-ring (bicyclic) bond motifs is 1. The van der Waals surface area contributed by atoms with Crippen LogP contribution in [0.25, 0.3) is 10.2 Å². The molecular formula is C22H18ClN3O2S2. The molecule has 4 rings (SSSR count). The first-order valence-electron chi connectivity index (χ1n) is 9.22. The number of thioether (sulfide) groups is 1. The Labute approximate surface area is 186 Å². The average Bonchev–Trinajstić information content (AvgIpc) is 3.21. The molecule has 0 saturated carbocycles. The van der Waals surface area contributed by atoms with Crippen molar-refractivity contribution in [1.29, 1.82) is 0 Å². The van der Waals surface area contributed by atoms with Crippen molar-refractivity contribution in [3.05, 3.63) is 86.5 Å². The molecule has 4 aromatic rings. The number of rotatable bonds is 6. The molecule has 0 bridgehead atoms. The lowest BCUT2D eigenvalue weighted by Gasteiger charge is -2.13. The summed E-state index contributed by atoms with van der Waals surface area (Å²) in [4.78, 5) is 30.2. The highest BCUT2D eigenvalue weighted by Crippen LogP contribution is 2.26. The number of aryl methyl sites for hydroxylation is 1. The van der Waals surface area contributed by atoms with E-state index < -0.39 is 0 Å². The second-order valence-corrected chi connectivity index (χ2v) is 8.94. The van der Waals surface area contributed by atoms with Gasteiger partial charge in [0.2, 0.25) is 5.91 Å². The number of hydrogen-bond acceptors (Lipinski definition) is 5. The molecular weight excluding hydrogens is 438 g/mol. The summed E-state index contributed by atoms with van der Waals surface area (Å²) in [6, 6.07) is 17.0. The first-order chi connectivity index (χ1) is 14.5. The van der Waals surface area contributed by atoms with Gasteiger partial charge < -0.3 is 5.32 Å². The van der Waals surface area contributed by atoms with E-state index >= 15 is 0 Å². The van der Waals surface area contributed by atoms with E-state index in [1.54, 1.807) is 10.6 Å². The molecule has 8 heteroatoms. The van der Waals surface area contributed by atoms with Crippen LogP contribution in [0.5, 0.6) is 0 Å². The summed E-state index contributed by atoms with van der Waals surface area (Å²) in [5, 5.41) is 5.72. The second-order valence-electron chi connectivity index (χ2n) is 6.67. The first kappa shape index (κ1) is 20.7. The van der Waals surface area contributed by atoms with Crippen molar-refractivity contribution in [3.8, 4) is 0 Å². The lowest BCUT2D eigenvalue weighted by molar-refractivity contribution is -0.113. The largest absolute Gasteiger partial charge is 0.324 e. The van der Waals surface area contributed by atoms with Crippen molar-refractivity contribution >= 4 is 56.5 Å². The van der Waals surface area contributed by atoms with Gasteiger partial charge in [-0.05, 0) is 35.6 Å². The Morgan fingerprint density at radius 3 is 2.73 bits per heavy atom. The number of carbonyl (C=O) groups excluding carboxylic acids is 1. The summed E-state index contributed by atoms with van der Waals surface area (Å²) in [5.41, 5.74) is 3.05. The maximum absolute atomic E-state index is 13.0. The molecule has 1 N–H and O–H groups in total. The number of anilines is 1. The van der Waals surface area contributed by atoms with Crippen LogP contribution in [0.2, 0.25) is 5.02 Å². The van der Waals surface area contributed by atoms with Gasteiger partial charge >= 0.3 is 0 Å². The Morgan fingerprint density at radius 1 is 1.17 bits per heavy atom. The van der Waals surface area contributed by atoms with Crippen molar-refractivity contribution in [2.45, 2.75) is 18.6 Å². The Hall–Kier alpha value is -2.61. The molecule has 0 unspecified atom stereocenters. The third-order valence-electron chi connectivity index (χ3n) is 4.53. The summed E-state index contributed by atoms with van der Waals surface area (Å²) in [7, 11) is 0. The van der Waals surface area contributed by atoms with Crippen LogP contribution in [0, 0.1) is 6.92 Å². The molecule has 0 saturated heterocycles. The Balaban J connectivity index is 1.59. The van der Waals surface area contributed by atoms with Gasteiger partial charge in [0.15, 0.2) is 5.16 Å². The van der Waals surface area contributed by atoms with Crippen molar-refractivity contribution in [2.24, 2.45) is 0 Å². The highest BCUT2D eigenvalue weighted by atomic mass is 35.5. The number of para-hydroxylation sites is 1. The van der Waals surface area contributed by atoms with Crippen molar-refractivity contribution in [2.75, 3.05) is 11.1 Å². The zero-order chi connectivity index (χ0) is 21.1. The van der Waals surface area contributed by atoms with Gasteiger partial charge in [-0.1, -0.05) is 65.8 Å². The Bertz CT molecular complexity index is 1250. The predicted octanol–water partition coefficient (Wildman–Crippen LogP) is 5.20. The van der Waals surface area contributed by atoms with Gasteiger partial charge in [0.1, 0.15) is 4.70 Å². The van der Waals surface area contributed by atoms with Crippen LogP contribution in [0.1, 0.15) is 11.1 Å². The van der Waals surface area contributed by atoms with E-state index in [4.69, 9.17) is 11.6 Å². The van der Waals surface area contributed by atoms with Gasteiger partial charge in [0.05, 0.1) is 28.5 Å². The quantitative estimate of drug-likeness (QED) is 0.320. The van der Waals surface area contributed by atoms with Gasteiger partial charge in [-0.15, -0.1) is 11.3 Å². The molecule has 0 aliphatic carbocycles. The minimum atomic E-state index is -0.206. The number of aromatic nitrogens is 2. The number of hydrogen-bond donors (Lipinski definition) is 1. The second kappa shape index (κ2) is 9.04. The zero-order valence-electron chi connectivity index (χ0n) is 16.1. The minimum Gasteiger partial charge on any atom is -0.324 e. The van der Waals surface area contributed by atoms with E-state index in [0.717, 1.165) is 11.1 Å². The molecule has 2 aromatic heterocycles. The standard InChI is InChI=1S/C22H18ClN3O2S2/c1-14-6-5-9-16(23)19(14)25-18(27)13-30-22-24-17-10-11-29-20(17)21(28)26(22)12-15-7-3-2-4-8-15/h2-11H,12-13H2,1H3,(H,25,27). The molecule has 2 heterocycles. The Kier molecular flexibility index (Phi) is 6.22. The molecule has 152 valence electrons. The van der Waals surface area contributed by atoms with Gasteiger partial charge in [-0.25, -0.2) is 4.98 Å². The third-order valence-corrected chi connectivity index (χ3v) is 6.72. The molecule has 0 atom stereocenters. The number of nitrogens with zero attached hydrogens (tertiary/aromatic N) is 2. The fraction of sp³-hybridized carbons (Fsp3) is 0.136. The van der Waals surface area contributed by atoms with Crippen LogP contribution in [0.15, 0.2) is 69.9 Å². The number of halogens is 1. The maximum atomic E-state index is 13.0. The molecule has 0 aliphatic heterocycles. The van der Waals surface area contributed by atoms with E-state index in [-0.39, 0.29) is 17.2 Å². The SMILES string of the molecule is Cc1cccc(Cl)c1NC(=O)CSc1nc2ccsc2c(=O)n1Cc1ccccc1. The zero-order valence-corrected chi connectivity index (χ0v) is 18.5. The molecule has 0 radical (unpaired) electrons. The smallest absolute Gasteiger partial charge is 0.272 e. The number of nitrogens with one attached hydrogen (secondary N) is 1. The summed E-state index contributed by atoms with van der Waals surface area (Å²) in [5.74, 6) is -0.0937. The van der Waals surface area contributed by atoms with E-state index in [1.807, 2.05) is 60.8 Å². The average molecular weight is 456 g/mol. The fourth-order valence-electron chi connectivity index (χ4n) is 3.03. The van der Waals surface area contributed by atoms with E-state index in [2.05, 4.69) is 10.3 Å². The van der Waals surface area contributed by atoms with Gasteiger partial charge in [0, 0.05) is 0 Å². The lowest BCUT2D eigenvalue weighted by atomic mass is 10.2. The van der Waals surface area contributed by atoms with Crippen LogP contribution < -0.4 is 10.9 Å². The number of carbonyl (C=O) groups is 1. The van der Waals surface area contributed by atoms with Crippen LogP contribution in [-0.4, -0.2) is 21.2 Å². The summed E-state index contributed by atoms with van der Waals surface area (Å²) < 4.78 is 2.25. The number of thiophene rings is 1. The van der Waals surface area contributed by atoms with Crippen molar-refractivity contribution in [3.63, 3.8) is 0 Å². The summed E-state index contributed by atoms with van der Waals surface area (Å²) >= 11 is 8.82. The molecule has 2 aromatic carbocycles.